The Morgan fingerprint density at radius 1 is 1.10 bits per heavy atom. The molecule has 0 saturated carbocycles. The second-order valence-corrected chi connectivity index (χ2v) is 7.79. The molecule has 2 heterocycles. The van der Waals surface area contributed by atoms with Crippen LogP contribution in [0.5, 0.6) is 23.0 Å². The highest BCUT2D eigenvalue weighted by Crippen LogP contribution is 2.38. The molecule has 8 heteroatoms. The number of benzene rings is 2. The minimum absolute atomic E-state index is 0.190. The number of rotatable bonds is 8. The Balaban J connectivity index is 1.52. The van der Waals surface area contributed by atoms with Gasteiger partial charge in [0.25, 0.3) is 11.1 Å². The number of thioether (sulfide) groups is 1. The maximum atomic E-state index is 5.90. The van der Waals surface area contributed by atoms with Gasteiger partial charge in [0.1, 0.15) is 29.1 Å². The first-order valence-corrected chi connectivity index (χ1v) is 10.7. The highest BCUT2D eigenvalue weighted by Gasteiger charge is 2.22. The van der Waals surface area contributed by atoms with Gasteiger partial charge in [-0.05, 0) is 38.1 Å². The van der Waals surface area contributed by atoms with Gasteiger partial charge in [-0.2, -0.15) is 0 Å². The van der Waals surface area contributed by atoms with Gasteiger partial charge < -0.3 is 23.4 Å². The molecule has 1 aliphatic heterocycles. The van der Waals surface area contributed by atoms with Crippen molar-refractivity contribution in [3.05, 3.63) is 41.5 Å². The molecule has 0 radical (unpaired) electrons. The lowest BCUT2D eigenvalue weighted by Crippen LogP contribution is -2.05. The van der Waals surface area contributed by atoms with Gasteiger partial charge in [0.15, 0.2) is 0 Å². The van der Waals surface area contributed by atoms with Gasteiger partial charge in [-0.1, -0.05) is 11.8 Å². The topological polar surface area (TPSA) is 75.8 Å². The molecule has 0 amide bonds. The molecule has 0 aliphatic carbocycles. The summed E-state index contributed by atoms with van der Waals surface area (Å²) in [5.41, 5.74) is 2.94. The first kappa shape index (κ1) is 20.4. The average molecular weight is 429 g/mol. The standard InChI is InChI=1S/C22H24N2O5S/c1-5-27-18-9-14-8-13(2)28-19(14)10-15(18)12-30-22-24-23-21(29-22)17-7-6-16(25-3)11-20(17)26-4/h6-7,9-11,13H,5,8,12H2,1-4H3. The van der Waals surface area contributed by atoms with Crippen molar-refractivity contribution in [2.75, 3.05) is 20.8 Å². The van der Waals surface area contributed by atoms with Gasteiger partial charge in [-0.15, -0.1) is 10.2 Å². The number of aromatic nitrogens is 2. The molecule has 1 atom stereocenters. The number of fused-ring (bicyclic) bond motifs is 1. The average Bonchev–Trinajstić information content (AvgIpc) is 3.37. The van der Waals surface area contributed by atoms with Gasteiger partial charge >= 0.3 is 0 Å². The van der Waals surface area contributed by atoms with Gasteiger partial charge in [0, 0.05) is 29.4 Å². The van der Waals surface area contributed by atoms with E-state index in [1.54, 1.807) is 20.3 Å². The van der Waals surface area contributed by atoms with Gasteiger partial charge in [-0.25, -0.2) is 0 Å². The second kappa shape index (κ2) is 8.87. The Morgan fingerprint density at radius 2 is 1.97 bits per heavy atom. The molecule has 3 aromatic rings. The van der Waals surface area contributed by atoms with E-state index in [1.165, 1.54) is 17.3 Å². The first-order valence-electron chi connectivity index (χ1n) is 9.75. The molecule has 30 heavy (non-hydrogen) atoms. The third-order valence-corrected chi connectivity index (χ3v) is 5.64. The molecule has 0 N–H and O–H groups in total. The maximum Gasteiger partial charge on any atom is 0.277 e. The molecular weight excluding hydrogens is 404 g/mol. The summed E-state index contributed by atoms with van der Waals surface area (Å²) in [6, 6.07) is 9.59. The van der Waals surface area contributed by atoms with Gasteiger partial charge in [0.05, 0.1) is 26.4 Å². The summed E-state index contributed by atoms with van der Waals surface area (Å²) in [4.78, 5) is 0. The van der Waals surface area contributed by atoms with E-state index < -0.39 is 0 Å². The summed E-state index contributed by atoms with van der Waals surface area (Å²) in [7, 11) is 3.20. The summed E-state index contributed by atoms with van der Waals surface area (Å²) < 4.78 is 28.3. The number of nitrogens with zero attached hydrogens (tertiary/aromatic N) is 2. The quantitative estimate of drug-likeness (QED) is 0.475. The van der Waals surface area contributed by atoms with Crippen LogP contribution in [0.4, 0.5) is 0 Å². The SMILES string of the molecule is CCOc1cc2c(cc1CSc1nnc(-c3ccc(OC)cc3OC)o1)OC(C)C2. The highest BCUT2D eigenvalue weighted by atomic mass is 32.2. The number of hydrogen-bond acceptors (Lipinski definition) is 8. The van der Waals surface area contributed by atoms with Crippen molar-refractivity contribution in [2.24, 2.45) is 0 Å². The van der Waals surface area contributed by atoms with E-state index in [0.717, 1.165) is 23.5 Å². The van der Waals surface area contributed by atoms with Crippen LogP contribution >= 0.6 is 11.8 Å². The van der Waals surface area contributed by atoms with Gasteiger partial charge in [-0.3, -0.25) is 0 Å². The van der Waals surface area contributed by atoms with Crippen LogP contribution in [0.25, 0.3) is 11.5 Å². The summed E-state index contributed by atoms with van der Waals surface area (Å²) in [5, 5.41) is 8.82. The molecule has 4 rings (SSSR count). The van der Waals surface area contributed by atoms with Crippen LogP contribution in [-0.4, -0.2) is 37.1 Å². The van der Waals surface area contributed by atoms with Crippen LogP contribution in [0.1, 0.15) is 25.0 Å². The van der Waals surface area contributed by atoms with Crippen molar-refractivity contribution in [3.63, 3.8) is 0 Å². The summed E-state index contributed by atoms with van der Waals surface area (Å²) in [5.74, 6) is 4.13. The summed E-state index contributed by atoms with van der Waals surface area (Å²) in [6.07, 6.45) is 1.09. The van der Waals surface area contributed by atoms with Crippen molar-refractivity contribution in [1.82, 2.24) is 10.2 Å². The fraction of sp³-hybridized carbons (Fsp3) is 0.364. The molecule has 1 aliphatic rings. The van der Waals surface area contributed by atoms with Gasteiger partial charge in [0.2, 0.25) is 0 Å². The number of hydrogen-bond donors (Lipinski definition) is 0. The lowest BCUT2D eigenvalue weighted by atomic mass is 10.1. The number of methoxy groups -OCH3 is 2. The zero-order valence-corrected chi connectivity index (χ0v) is 18.2. The molecule has 1 unspecified atom stereocenters. The second-order valence-electron chi connectivity index (χ2n) is 6.86. The smallest absolute Gasteiger partial charge is 0.277 e. The lowest BCUT2D eigenvalue weighted by molar-refractivity contribution is 0.254. The lowest BCUT2D eigenvalue weighted by Gasteiger charge is -2.11. The molecule has 0 fully saturated rings. The fourth-order valence-electron chi connectivity index (χ4n) is 3.38. The Bertz CT molecular complexity index is 1040. The van der Waals surface area contributed by atoms with Crippen LogP contribution < -0.4 is 18.9 Å². The Kier molecular flexibility index (Phi) is 6.03. The zero-order chi connectivity index (χ0) is 21.1. The maximum absolute atomic E-state index is 5.90. The molecule has 158 valence electrons. The zero-order valence-electron chi connectivity index (χ0n) is 17.4. The van der Waals surface area contributed by atoms with Crippen LogP contribution in [0.2, 0.25) is 0 Å². The van der Waals surface area contributed by atoms with Crippen LogP contribution in [-0.2, 0) is 12.2 Å². The third kappa shape index (κ3) is 4.18. The predicted molar refractivity (Wildman–Crippen MR) is 114 cm³/mol. The summed E-state index contributed by atoms with van der Waals surface area (Å²) >= 11 is 1.46. The Hall–Kier alpha value is -2.87. The largest absolute Gasteiger partial charge is 0.497 e. The number of ether oxygens (including phenoxy) is 4. The molecule has 1 aromatic heterocycles. The molecule has 0 bridgehead atoms. The first-order chi connectivity index (χ1) is 14.6. The Morgan fingerprint density at radius 3 is 2.73 bits per heavy atom. The van der Waals surface area contributed by atoms with Crippen molar-refractivity contribution in [2.45, 2.75) is 37.3 Å². The molecule has 0 spiro atoms. The van der Waals surface area contributed by atoms with Crippen molar-refractivity contribution >= 4 is 11.8 Å². The van der Waals surface area contributed by atoms with E-state index in [4.69, 9.17) is 23.4 Å². The van der Waals surface area contributed by atoms with Crippen molar-refractivity contribution in [1.29, 1.82) is 0 Å². The highest BCUT2D eigenvalue weighted by molar-refractivity contribution is 7.98. The minimum atomic E-state index is 0.190. The molecule has 7 nitrogen and oxygen atoms in total. The predicted octanol–water partition coefficient (Wildman–Crippen LogP) is 4.77. The minimum Gasteiger partial charge on any atom is -0.497 e. The molecular formula is C22H24N2O5S. The normalized spacial score (nSPS) is 14.9. The van der Waals surface area contributed by atoms with E-state index in [-0.39, 0.29) is 6.10 Å². The van der Waals surface area contributed by atoms with Crippen molar-refractivity contribution in [3.8, 4) is 34.5 Å². The van der Waals surface area contributed by atoms with Crippen LogP contribution in [0.15, 0.2) is 40.0 Å². The van der Waals surface area contributed by atoms with E-state index in [2.05, 4.69) is 29.3 Å². The fourth-order valence-corrected chi connectivity index (χ4v) is 4.12. The monoisotopic (exact) mass is 428 g/mol. The van der Waals surface area contributed by atoms with Crippen molar-refractivity contribution < 1.29 is 23.4 Å². The Labute approximate surface area is 179 Å². The van der Waals surface area contributed by atoms with E-state index in [0.29, 0.717) is 40.5 Å². The van der Waals surface area contributed by atoms with E-state index in [9.17, 15) is 0 Å². The molecule has 2 aromatic carbocycles. The van der Waals surface area contributed by atoms with E-state index >= 15 is 0 Å². The summed E-state index contributed by atoms with van der Waals surface area (Å²) in [6.45, 7) is 4.66. The third-order valence-electron chi connectivity index (χ3n) is 4.78. The van der Waals surface area contributed by atoms with E-state index in [1.807, 2.05) is 19.1 Å². The molecule has 0 saturated heterocycles. The van der Waals surface area contributed by atoms with Crippen LogP contribution in [0, 0.1) is 0 Å². The van der Waals surface area contributed by atoms with Crippen LogP contribution in [0.3, 0.4) is 0 Å².